The maximum Gasteiger partial charge on any atom is 0.270 e. The first-order valence-corrected chi connectivity index (χ1v) is 13.0. The van der Waals surface area contributed by atoms with Crippen LogP contribution in [0.4, 0.5) is 5.69 Å². The number of hydrogen-bond acceptors (Lipinski definition) is 5. The lowest BCUT2D eigenvalue weighted by Gasteiger charge is -2.15. The fraction of sp³-hybridized carbons (Fsp3) is 0.0741. The number of rotatable bonds is 6. The van der Waals surface area contributed by atoms with Gasteiger partial charge < -0.3 is 4.74 Å². The van der Waals surface area contributed by atoms with E-state index in [0.29, 0.717) is 21.5 Å². The van der Waals surface area contributed by atoms with Gasteiger partial charge in [0.25, 0.3) is 5.91 Å². The Hall–Kier alpha value is -3.20. The van der Waals surface area contributed by atoms with Crippen molar-refractivity contribution in [1.82, 2.24) is 9.78 Å². The Bertz CT molecular complexity index is 1420. The smallest absolute Gasteiger partial charge is 0.270 e. The molecule has 0 N–H and O–H groups in total. The van der Waals surface area contributed by atoms with E-state index in [-0.39, 0.29) is 5.91 Å². The van der Waals surface area contributed by atoms with Crippen molar-refractivity contribution in [2.24, 2.45) is 0 Å². The quantitative estimate of drug-likeness (QED) is 0.185. The number of aromatic nitrogens is 2. The van der Waals surface area contributed by atoms with E-state index in [9.17, 15) is 4.79 Å². The van der Waals surface area contributed by atoms with Crippen LogP contribution in [0.1, 0.15) is 12.5 Å². The number of benzene rings is 3. The molecule has 0 radical (unpaired) electrons. The van der Waals surface area contributed by atoms with Gasteiger partial charge in [-0.15, -0.1) is 0 Å². The van der Waals surface area contributed by atoms with E-state index in [1.165, 1.54) is 11.8 Å². The number of ether oxygens (including phenoxy) is 1. The summed E-state index contributed by atoms with van der Waals surface area (Å²) in [5, 5.41) is 4.85. The van der Waals surface area contributed by atoms with Crippen LogP contribution in [0.5, 0.6) is 5.75 Å². The summed E-state index contributed by atoms with van der Waals surface area (Å²) < 4.78 is 8.82. The predicted molar refractivity (Wildman–Crippen MR) is 150 cm³/mol. The predicted octanol–water partition coefficient (Wildman–Crippen LogP) is 7.11. The van der Waals surface area contributed by atoms with Crippen molar-refractivity contribution in [1.29, 1.82) is 0 Å². The van der Waals surface area contributed by atoms with Gasteiger partial charge in [-0.25, -0.2) is 4.68 Å². The molecule has 0 aliphatic carbocycles. The summed E-state index contributed by atoms with van der Waals surface area (Å²) in [5.74, 6) is 0.600. The molecule has 5 rings (SSSR count). The first-order valence-electron chi connectivity index (χ1n) is 11.0. The Morgan fingerprint density at radius 3 is 2.40 bits per heavy atom. The summed E-state index contributed by atoms with van der Waals surface area (Å²) in [6.07, 6.45) is 3.81. The van der Waals surface area contributed by atoms with Crippen molar-refractivity contribution >= 4 is 61.9 Å². The van der Waals surface area contributed by atoms with Crippen LogP contribution in [0.25, 0.3) is 23.0 Å². The zero-order valence-corrected chi connectivity index (χ0v) is 21.9. The molecule has 1 amide bonds. The third kappa shape index (κ3) is 4.96. The zero-order valence-electron chi connectivity index (χ0n) is 18.7. The van der Waals surface area contributed by atoms with Gasteiger partial charge in [0, 0.05) is 21.8 Å². The molecule has 174 valence electrons. The van der Waals surface area contributed by atoms with Crippen LogP contribution in [0, 0.1) is 0 Å². The van der Waals surface area contributed by atoms with Crippen LogP contribution >= 0.6 is 39.9 Å². The van der Waals surface area contributed by atoms with Crippen LogP contribution in [-0.2, 0) is 4.79 Å². The average molecular weight is 563 g/mol. The Morgan fingerprint density at radius 2 is 1.71 bits per heavy atom. The molecule has 0 unspecified atom stereocenters. The minimum atomic E-state index is -0.154. The van der Waals surface area contributed by atoms with E-state index < -0.39 is 0 Å². The van der Waals surface area contributed by atoms with Crippen LogP contribution in [-0.4, -0.2) is 26.6 Å². The minimum Gasteiger partial charge on any atom is -0.494 e. The van der Waals surface area contributed by atoms with Crippen molar-refractivity contribution in [3.05, 3.63) is 100 Å². The molecule has 0 atom stereocenters. The molecule has 0 bridgehead atoms. The number of hydrogen-bond donors (Lipinski definition) is 0. The summed E-state index contributed by atoms with van der Waals surface area (Å²) in [6.45, 7) is 2.52. The maximum atomic E-state index is 13.4. The second kappa shape index (κ2) is 10.2. The molecule has 1 saturated heterocycles. The first kappa shape index (κ1) is 23.5. The highest BCUT2D eigenvalue weighted by molar-refractivity contribution is 9.10. The van der Waals surface area contributed by atoms with Crippen molar-refractivity contribution in [2.45, 2.75) is 6.92 Å². The number of carbonyl (C=O) groups is 1. The highest BCUT2D eigenvalue weighted by atomic mass is 79.9. The van der Waals surface area contributed by atoms with Gasteiger partial charge in [0.05, 0.1) is 28.6 Å². The maximum absolute atomic E-state index is 13.4. The van der Waals surface area contributed by atoms with Gasteiger partial charge in [-0.1, -0.05) is 70.2 Å². The fourth-order valence-corrected chi connectivity index (χ4v) is 5.28. The minimum absolute atomic E-state index is 0.154. The van der Waals surface area contributed by atoms with Gasteiger partial charge in [-0.05, 0) is 61.5 Å². The monoisotopic (exact) mass is 561 g/mol. The largest absolute Gasteiger partial charge is 0.494 e. The lowest BCUT2D eigenvalue weighted by Crippen LogP contribution is -2.27. The molecule has 2 heterocycles. The van der Waals surface area contributed by atoms with E-state index >= 15 is 0 Å². The van der Waals surface area contributed by atoms with E-state index in [1.807, 2.05) is 103 Å². The molecule has 0 spiro atoms. The Balaban J connectivity index is 1.52. The molecule has 1 aliphatic rings. The number of para-hydroxylation sites is 1. The van der Waals surface area contributed by atoms with Gasteiger partial charge in [-0.2, -0.15) is 5.10 Å². The molecular weight excluding hydrogens is 542 g/mol. The van der Waals surface area contributed by atoms with Crippen molar-refractivity contribution in [2.75, 3.05) is 11.5 Å². The highest BCUT2D eigenvalue weighted by Crippen LogP contribution is 2.38. The second-order valence-corrected chi connectivity index (χ2v) is 10.3. The van der Waals surface area contributed by atoms with Crippen LogP contribution in [0.15, 0.2) is 94.4 Å². The number of carbonyl (C=O) groups excluding carboxylic acids is 1. The lowest BCUT2D eigenvalue weighted by atomic mass is 10.1. The van der Waals surface area contributed by atoms with Gasteiger partial charge in [-0.3, -0.25) is 9.69 Å². The molecule has 8 heteroatoms. The molecule has 1 aromatic heterocycles. The molecule has 1 fully saturated rings. The van der Waals surface area contributed by atoms with Gasteiger partial charge in [0.1, 0.15) is 5.75 Å². The summed E-state index contributed by atoms with van der Waals surface area (Å²) in [7, 11) is 0. The number of nitrogens with zero attached hydrogens (tertiary/aromatic N) is 3. The van der Waals surface area contributed by atoms with Crippen LogP contribution < -0.4 is 9.64 Å². The number of thiocarbonyl (C=S) groups is 1. The van der Waals surface area contributed by atoms with Gasteiger partial charge in [0.2, 0.25) is 0 Å². The number of halogens is 1. The van der Waals surface area contributed by atoms with Gasteiger partial charge >= 0.3 is 0 Å². The highest BCUT2D eigenvalue weighted by Gasteiger charge is 2.33. The molecular formula is C27H20BrN3O2S2. The standard InChI is InChI=1S/C27H20BrN3O2S2/c1-2-33-23-14-12-22(13-15-23)31-26(32)24(35-27(31)34)16-19-17-30(21-6-4-3-5-7-21)29-25(19)18-8-10-20(28)11-9-18/h3-17H,2H2,1H3. The molecule has 5 nitrogen and oxygen atoms in total. The Morgan fingerprint density at radius 1 is 1.00 bits per heavy atom. The normalized spacial score (nSPS) is 14.7. The van der Waals surface area contributed by atoms with E-state index in [0.717, 1.165) is 32.7 Å². The SMILES string of the molecule is CCOc1ccc(N2C(=O)C(=Cc3cn(-c4ccccc4)nc3-c3ccc(Br)cc3)SC2=S)cc1. The summed E-state index contributed by atoms with van der Waals surface area (Å²) >= 11 is 10.4. The summed E-state index contributed by atoms with van der Waals surface area (Å²) in [6, 6.07) is 25.2. The van der Waals surface area contributed by atoms with E-state index in [2.05, 4.69) is 15.9 Å². The van der Waals surface area contributed by atoms with Crippen molar-refractivity contribution in [3.63, 3.8) is 0 Å². The van der Waals surface area contributed by atoms with Crippen LogP contribution in [0.2, 0.25) is 0 Å². The van der Waals surface area contributed by atoms with E-state index in [4.69, 9.17) is 22.1 Å². The number of anilines is 1. The molecule has 3 aromatic carbocycles. The summed E-state index contributed by atoms with van der Waals surface area (Å²) in [4.78, 5) is 15.5. The summed E-state index contributed by atoms with van der Waals surface area (Å²) in [5.41, 5.74) is 4.23. The molecule has 0 saturated carbocycles. The zero-order chi connectivity index (χ0) is 24.4. The third-order valence-corrected chi connectivity index (χ3v) is 7.20. The fourth-order valence-electron chi connectivity index (χ4n) is 3.73. The topological polar surface area (TPSA) is 47.4 Å². The molecule has 35 heavy (non-hydrogen) atoms. The van der Waals surface area contributed by atoms with Crippen molar-refractivity contribution < 1.29 is 9.53 Å². The van der Waals surface area contributed by atoms with Gasteiger partial charge in [0.15, 0.2) is 4.32 Å². The van der Waals surface area contributed by atoms with Crippen molar-refractivity contribution in [3.8, 4) is 22.7 Å². The second-order valence-electron chi connectivity index (χ2n) is 7.66. The first-order chi connectivity index (χ1) is 17.0. The van der Waals surface area contributed by atoms with Crippen LogP contribution in [0.3, 0.4) is 0 Å². The number of amides is 1. The molecule has 1 aliphatic heterocycles. The number of thioether (sulfide) groups is 1. The lowest BCUT2D eigenvalue weighted by molar-refractivity contribution is -0.113. The third-order valence-electron chi connectivity index (χ3n) is 5.37. The molecule has 4 aromatic rings. The Labute approximate surface area is 221 Å². The van der Waals surface area contributed by atoms with E-state index in [1.54, 1.807) is 4.90 Å². The average Bonchev–Trinajstić information content (AvgIpc) is 3.41. The Kier molecular flexibility index (Phi) is 6.86.